The molecule has 7 nitrogen and oxygen atoms in total. The van der Waals surface area contributed by atoms with E-state index in [2.05, 4.69) is 36.7 Å². The Morgan fingerprint density at radius 2 is 2.32 bits per heavy atom. The summed E-state index contributed by atoms with van der Waals surface area (Å²) >= 11 is 3.38. The molecule has 1 aromatic carbocycles. The number of nitrogen functional groups attached to an aromatic ring is 1. The molecule has 0 aliphatic rings. The van der Waals surface area contributed by atoms with Crippen molar-refractivity contribution in [2.24, 2.45) is 5.10 Å². The zero-order valence-electron chi connectivity index (χ0n) is 9.95. The van der Waals surface area contributed by atoms with Crippen LogP contribution >= 0.6 is 28.3 Å². The molecule has 0 saturated heterocycles. The van der Waals surface area contributed by atoms with Crippen LogP contribution in [0.2, 0.25) is 0 Å². The third kappa shape index (κ3) is 3.83. The van der Waals surface area contributed by atoms with Crippen LogP contribution in [0.1, 0.15) is 5.56 Å². The fourth-order valence-electron chi connectivity index (χ4n) is 1.29. The van der Waals surface area contributed by atoms with Gasteiger partial charge in [0.15, 0.2) is 0 Å². The predicted molar refractivity (Wildman–Crippen MR) is 79.3 cm³/mol. The van der Waals surface area contributed by atoms with E-state index < -0.39 is 0 Å². The first-order valence-corrected chi connectivity index (χ1v) is 5.77. The van der Waals surface area contributed by atoms with E-state index in [1.807, 2.05) is 18.2 Å². The highest BCUT2D eigenvalue weighted by Gasteiger charge is 2.01. The van der Waals surface area contributed by atoms with Gasteiger partial charge in [-0.05, 0) is 18.2 Å². The Kier molecular flexibility index (Phi) is 5.58. The van der Waals surface area contributed by atoms with Crippen LogP contribution in [0, 0.1) is 0 Å². The van der Waals surface area contributed by atoms with Crippen LogP contribution in [0.5, 0.6) is 5.75 Å². The lowest BCUT2D eigenvalue weighted by Crippen LogP contribution is -2.10. The lowest BCUT2D eigenvalue weighted by atomic mass is 10.2. The number of hydrogen-bond donors (Lipinski definition) is 2. The third-order valence-electron chi connectivity index (χ3n) is 2.13. The molecule has 0 aliphatic carbocycles. The Bertz CT molecular complexity index is 573. The summed E-state index contributed by atoms with van der Waals surface area (Å²) in [5.41, 5.74) is 3.50. The highest BCUT2D eigenvalue weighted by molar-refractivity contribution is 9.10. The van der Waals surface area contributed by atoms with Crippen molar-refractivity contribution in [1.82, 2.24) is 14.9 Å². The summed E-state index contributed by atoms with van der Waals surface area (Å²) < 4.78 is 7.38. The number of nitrogens with one attached hydrogen (secondary N) is 1. The van der Waals surface area contributed by atoms with E-state index in [1.54, 1.807) is 13.3 Å². The first-order valence-electron chi connectivity index (χ1n) is 4.98. The van der Waals surface area contributed by atoms with Crippen molar-refractivity contribution in [3.63, 3.8) is 0 Å². The molecule has 0 aliphatic heterocycles. The van der Waals surface area contributed by atoms with Gasteiger partial charge >= 0.3 is 0 Å². The molecule has 0 spiro atoms. The highest BCUT2D eigenvalue weighted by atomic mass is 79.9. The fourth-order valence-corrected chi connectivity index (χ4v) is 1.67. The maximum Gasteiger partial charge on any atom is 0.263 e. The van der Waals surface area contributed by atoms with Crippen molar-refractivity contribution in [3.8, 4) is 5.75 Å². The van der Waals surface area contributed by atoms with E-state index in [-0.39, 0.29) is 12.4 Å². The van der Waals surface area contributed by atoms with Gasteiger partial charge < -0.3 is 10.6 Å². The predicted octanol–water partition coefficient (Wildman–Crippen LogP) is 1.63. The van der Waals surface area contributed by atoms with Gasteiger partial charge in [0.2, 0.25) is 0 Å². The summed E-state index contributed by atoms with van der Waals surface area (Å²) in [6, 6.07) is 5.62. The monoisotopic (exact) mass is 346 g/mol. The minimum atomic E-state index is 0. The van der Waals surface area contributed by atoms with Crippen molar-refractivity contribution in [3.05, 3.63) is 34.6 Å². The van der Waals surface area contributed by atoms with Crippen LogP contribution in [0.15, 0.2) is 34.1 Å². The maximum atomic E-state index is 5.52. The second kappa shape index (κ2) is 6.95. The number of halogens is 2. The Morgan fingerprint density at radius 1 is 1.53 bits per heavy atom. The molecule has 0 amide bonds. The van der Waals surface area contributed by atoms with Crippen molar-refractivity contribution >= 4 is 40.5 Å². The number of nitrogens with two attached hydrogens (primary N) is 1. The maximum absolute atomic E-state index is 5.52. The number of hydrogen-bond acceptors (Lipinski definition) is 6. The molecule has 0 bridgehead atoms. The molecule has 1 heterocycles. The van der Waals surface area contributed by atoms with Crippen molar-refractivity contribution < 1.29 is 4.74 Å². The molecule has 2 aromatic rings. The highest BCUT2D eigenvalue weighted by Crippen LogP contribution is 2.21. The standard InChI is InChI=1S/C10H11BrN6O.ClH/c1-18-9-3-2-8(11)4-7(9)5-13-15-10-16-14-6-17(10)12;/h2-6H,12H2,1H3,(H,15,16);1H. The summed E-state index contributed by atoms with van der Waals surface area (Å²) in [5.74, 6) is 6.59. The lowest BCUT2D eigenvalue weighted by molar-refractivity contribution is 0.414. The largest absolute Gasteiger partial charge is 0.496 e. The van der Waals surface area contributed by atoms with E-state index in [0.717, 1.165) is 15.8 Å². The lowest BCUT2D eigenvalue weighted by Gasteiger charge is -2.04. The van der Waals surface area contributed by atoms with Crippen molar-refractivity contribution in [2.75, 3.05) is 18.4 Å². The molecule has 9 heteroatoms. The Labute approximate surface area is 124 Å². The van der Waals surface area contributed by atoms with E-state index in [1.165, 1.54) is 11.0 Å². The summed E-state index contributed by atoms with van der Waals surface area (Å²) in [4.78, 5) is 0. The number of hydrazone groups is 1. The topological polar surface area (TPSA) is 90.3 Å². The van der Waals surface area contributed by atoms with Gasteiger partial charge in [-0.1, -0.05) is 15.9 Å². The summed E-state index contributed by atoms with van der Waals surface area (Å²) in [6.07, 6.45) is 2.98. The van der Waals surface area contributed by atoms with Crippen molar-refractivity contribution in [1.29, 1.82) is 0 Å². The van der Waals surface area contributed by atoms with Crippen LogP contribution in [0.4, 0.5) is 5.95 Å². The number of ether oxygens (including phenoxy) is 1. The van der Waals surface area contributed by atoms with E-state index in [9.17, 15) is 0 Å². The minimum Gasteiger partial charge on any atom is -0.496 e. The second-order valence-electron chi connectivity index (χ2n) is 3.32. The SMILES string of the molecule is COc1ccc(Br)cc1C=NNc1nncn1N.Cl. The molecule has 0 atom stereocenters. The molecule has 0 saturated carbocycles. The molecule has 0 unspecified atom stereocenters. The van der Waals surface area contributed by atoms with Gasteiger partial charge in [-0.15, -0.1) is 22.6 Å². The number of methoxy groups -OCH3 is 1. The summed E-state index contributed by atoms with van der Waals surface area (Å²) in [5, 5.41) is 11.4. The number of nitrogens with zero attached hydrogens (tertiary/aromatic N) is 4. The molecule has 3 N–H and O–H groups in total. The van der Waals surface area contributed by atoms with Crippen LogP contribution in [-0.2, 0) is 0 Å². The fraction of sp³-hybridized carbons (Fsp3) is 0.100. The average molecular weight is 348 g/mol. The van der Waals surface area contributed by atoms with Crippen LogP contribution in [-0.4, -0.2) is 28.2 Å². The Balaban J connectivity index is 0.00000180. The zero-order chi connectivity index (χ0) is 13.0. The molecule has 19 heavy (non-hydrogen) atoms. The first kappa shape index (κ1) is 15.3. The van der Waals surface area contributed by atoms with Gasteiger partial charge in [-0.3, -0.25) is 0 Å². The molecule has 1 aromatic heterocycles. The summed E-state index contributed by atoms with van der Waals surface area (Å²) in [6.45, 7) is 0. The quantitative estimate of drug-likeness (QED) is 0.498. The van der Waals surface area contributed by atoms with Gasteiger partial charge in [0.05, 0.1) is 13.3 Å². The average Bonchev–Trinajstić information content (AvgIpc) is 2.76. The second-order valence-corrected chi connectivity index (χ2v) is 4.23. The number of anilines is 1. The van der Waals surface area contributed by atoms with Gasteiger partial charge in [0, 0.05) is 10.0 Å². The van der Waals surface area contributed by atoms with E-state index >= 15 is 0 Å². The van der Waals surface area contributed by atoms with Crippen LogP contribution < -0.4 is 16.0 Å². The first-order chi connectivity index (χ1) is 8.70. The zero-order valence-corrected chi connectivity index (χ0v) is 12.3. The Hall–Kier alpha value is -1.80. The number of aromatic nitrogens is 3. The molecule has 102 valence electrons. The Morgan fingerprint density at radius 3 is 2.95 bits per heavy atom. The molecule has 0 radical (unpaired) electrons. The van der Waals surface area contributed by atoms with Gasteiger partial charge in [0.25, 0.3) is 5.95 Å². The van der Waals surface area contributed by atoms with E-state index in [4.69, 9.17) is 10.6 Å². The number of benzene rings is 1. The van der Waals surface area contributed by atoms with Crippen LogP contribution in [0.3, 0.4) is 0 Å². The molecular formula is C10H12BrClN6O. The van der Waals surface area contributed by atoms with Gasteiger partial charge in [-0.2, -0.15) is 5.10 Å². The molecule has 2 rings (SSSR count). The third-order valence-corrected chi connectivity index (χ3v) is 2.63. The van der Waals surface area contributed by atoms with Gasteiger partial charge in [-0.25, -0.2) is 10.1 Å². The smallest absolute Gasteiger partial charge is 0.263 e. The van der Waals surface area contributed by atoms with Gasteiger partial charge in [0.1, 0.15) is 12.1 Å². The van der Waals surface area contributed by atoms with Crippen molar-refractivity contribution in [2.45, 2.75) is 0 Å². The normalized spacial score (nSPS) is 10.2. The molecule has 0 fully saturated rings. The molecular weight excluding hydrogens is 336 g/mol. The minimum absolute atomic E-state index is 0. The summed E-state index contributed by atoms with van der Waals surface area (Å²) in [7, 11) is 1.60. The van der Waals surface area contributed by atoms with Crippen LogP contribution in [0.25, 0.3) is 0 Å². The number of rotatable bonds is 4. The van der Waals surface area contributed by atoms with E-state index in [0.29, 0.717) is 5.95 Å².